The quantitative estimate of drug-likeness (QED) is 0.609. The molecule has 2 aromatic rings. The Morgan fingerprint density at radius 1 is 1.23 bits per heavy atom. The van der Waals surface area contributed by atoms with E-state index in [0.717, 1.165) is 6.20 Å². The minimum absolute atomic E-state index is 0.0826. The highest BCUT2D eigenvalue weighted by atomic mass is 19.1. The number of nitrogens with one attached hydrogen (secondary N) is 2. The Morgan fingerprint density at radius 2 is 2.07 bits per heavy atom. The summed E-state index contributed by atoms with van der Waals surface area (Å²) in [5.74, 6) is -3.12. The van der Waals surface area contributed by atoms with Crippen LogP contribution in [0.25, 0.3) is 0 Å². The second-order valence-electron chi connectivity index (χ2n) is 8.02. The SMILES string of the molecule is NC(=O)[C@H]1[C@H]2C[C@H]3[C@H]1Nc1nc(ncc1F)Nc1ccc(F)c(c1)CC(=O)O[C@@H]3C2. The van der Waals surface area contributed by atoms with Crippen LogP contribution in [0.2, 0.25) is 0 Å². The molecule has 2 saturated carbocycles. The highest BCUT2D eigenvalue weighted by Gasteiger charge is 2.56. The summed E-state index contributed by atoms with van der Waals surface area (Å²) in [5.41, 5.74) is 6.22. The third kappa shape index (κ3) is 3.12. The average Bonchev–Trinajstić information content (AvgIpc) is 3.24. The first-order chi connectivity index (χ1) is 14.4. The van der Waals surface area contributed by atoms with E-state index in [-0.39, 0.29) is 35.6 Å². The van der Waals surface area contributed by atoms with E-state index in [1.165, 1.54) is 18.2 Å². The van der Waals surface area contributed by atoms with Crippen molar-refractivity contribution in [3.8, 4) is 0 Å². The average molecular weight is 415 g/mol. The van der Waals surface area contributed by atoms with Crippen molar-refractivity contribution < 1.29 is 23.1 Å². The molecule has 1 aromatic heterocycles. The Hall–Kier alpha value is -3.30. The van der Waals surface area contributed by atoms with E-state index in [2.05, 4.69) is 20.6 Å². The number of nitrogens with zero attached hydrogens (tertiary/aromatic N) is 2. The predicted octanol–water partition coefficient (Wildman–Crippen LogP) is 1.89. The van der Waals surface area contributed by atoms with E-state index in [1.807, 2.05) is 0 Å². The third-order valence-corrected chi connectivity index (χ3v) is 6.24. The Kier molecular flexibility index (Phi) is 4.30. The molecular formula is C20H19F2N5O3. The molecule has 2 heterocycles. The van der Waals surface area contributed by atoms with Crippen LogP contribution >= 0.6 is 0 Å². The molecular weight excluding hydrogens is 396 g/mol. The highest BCUT2D eigenvalue weighted by molar-refractivity contribution is 5.79. The standard InChI is InChI=1S/C20H19F2N5O3/c21-12-2-1-10-3-8(12)6-15(28)30-14-5-9-4-11(14)17(16(9)18(23)29)26-19-13(22)7-24-20(25-10)27-19/h1-3,7,9,11,14,16-17H,4-6H2,(H2,23,29)(H2,24,25,26,27)/t9-,11+,14+,16-,17+/m0/s1. The highest BCUT2D eigenvalue weighted by Crippen LogP contribution is 2.51. The fourth-order valence-electron chi connectivity index (χ4n) is 5.01. The van der Waals surface area contributed by atoms with Gasteiger partial charge in [-0.05, 0) is 37.0 Å². The maximum absolute atomic E-state index is 14.4. The number of halogens is 2. The van der Waals surface area contributed by atoms with Crippen LogP contribution in [0.5, 0.6) is 0 Å². The largest absolute Gasteiger partial charge is 0.462 e. The summed E-state index contributed by atoms with van der Waals surface area (Å²) in [6.45, 7) is 0. The molecule has 0 saturated heterocycles. The first-order valence-electron chi connectivity index (χ1n) is 9.72. The minimum Gasteiger partial charge on any atom is -0.462 e. The predicted molar refractivity (Wildman–Crippen MR) is 102 cm³/mol. The molecule has 10 heteroatoms. The van der Waals surface area contributed by atoms with Crippen LogP contribution in [0.4, 0.5) is 26.2 Å². The molecule has 0 spiro atoms. The number of primary amides is 1. The van der Waals surface area contributed by atoms with Crippen LogP contribution in [0, 0.1) is 29.4 Å². The smallest absolute Gasteiger partial charge is 0.310 e. The minimum atomic E-state index is -0.688. The fraction of sp³-hybridized carbons (Fsp3) is 0.400. The molecule has 5 rings (SSSR count). The second-order valence-corrected chi connectivity index (χ2v) is 8.02. The molecule has 2 aliphatic carbocycles. The molecule has 0 unspecified atom stereocenters. The molecule has 30 heavy (non-hydrogen) atoms. The van der Waals surface area contributed by atoms with E-state index in [4.69, 9.17) is 10.5 Å². The van der Waals surface area contributed by atoms with Gasteiger partial charge in [0.1, 0.15) is 11.9 Å². The zero-order valence-corrected chi connectivity index (χ0v) is 15.8. The van der Waals surface area contributed by atoms with Crippen LogP contribution in [0.1, 0.15) is 18.4 Å². The molecule has 156 valence electrons. The van der Waals surface area contributed by atoms with E-state index >= 15 is 0 Å². The van der Waals surface area contributed by atoms with Gasteiger partial charge in [0.05, 0.1) is 18.5 Å². The van der Waals surface area contributed by atoms with Crippen molar-refractivity contribution in [1.82, 2.24) is 9.97 Å². The number of aromatic nitrogens is 2. The number of rotatable bonds is 1. The van der Waals surface area contributed by atoms with Gasteiger partial charge in [0.15, 0.2) is 11.6 Å². The molecule has 1 amide bonds. The topological polar surface area (TPSA) is 119 Å². The number of ether oxygens (including phenoxy) is 1. The lowest BCUT2D eigenvalue weighted by atomic mass is 9.82. The lowest BCUT2D eigenvalue weighted by Gasteiger charge is -2.34. The Balaban J connectivity index is 1.58. The van der Waals surface area contributed by atoms with Gasteiger partial charge in [0.25, 0.3) is 0 Å². The molecule has 8 nitrogen and oxygen atoms in total. The molecule has 0 radical (unpaired) electrons. The number of hydrogen-bond donors (Lipinski definition) is 3. The number of fused-ring (bicyclic) bond motifs is 5. The van der Waals surface area contributed by atoms with Crippen LogP contribution < -0.4 is 16.4 Å². The Labute approximate surface area is 170 Å². The Bertz CT molecular complexity index is 1050. The van der Waals surface area contributed by atoms with Gasteiger partial charge in [-0.15, -0.1) is 0 Å². The lowest BCUT2D eigenvalue weighted by molar-refractivity contribution is -0.151. The van der Waals surface area contributed by atoms with Crippen LogP contribution in [0.15, 0.2) is 24.4 Å². The van der Waals surface area contributed by atoms with Crippen molar-refractivity contribution in [1.29, 1.82) is 0 Å². The number of anilines is 3. The number of benzene rings is 1. The molecule has 2 fully saturated rings. The van der Waals surface area contributed by atoms with Crippen LogP contribution in [-0.4, -0.2) is 34.0 Å². The molecule has 4 N–H and O–H groups in total. The fourth-order valence-corrected chi connectivity index (χ4v) is 5.01. The zero-order chi connectivity index (χ0) is 21.0. The van der Waals surface area contributed by atoms with Gasteiger partial charge in [-0.1, -0.05) is 0 Å². The number of carbonyl (C=O) groups excluding carboxylic acids is 2. The summed E-state index contributed by atoms with van der Waals surface area (Å²) < 4.78 is 34.3. The van der Waals surface area contributed by atoms with Crippen LogP contribution in [0.3, 0.4) is 0 Å². The van der Waals surface area contributed by atoms with Crippen LogP contribution in [-0.2, 0) is 20.7 Å². The van der Waals surface area contributed by atoms with Crippen molar-refractivity contribution in [3.63, 3.8) is 0 Å². The van der Waals surface area contributed by atoms with E-state index < -0.39 is 41.6 Å². The number of amides is 1. The number of carbonyl (C=O) groups is 2. The number of esters is 1. The molecule has 3 aliphatic rings. The van der Waals surface area contributed by atoms with Gasteiger partial charge in [-0.3, -0.25) is 9.59 Å². The summed E-state index contributed by atoms with van der Waals surface area (Å²) in [7, 11) is 0. The van der Waals surface area contributed by atoms with Crippen molar-refractivity contribution >= 4 is 29.3 Å². The number of nitrogens with two attached hydrogens (primary N) is 1. The van der Waals surface area contributed by atoms with Gasteiger partial charge < -0.3 is 21.1 Å². The van der Waals surface area contributed by atoms with Gasteiger partial charge >= 0.3 is 5.97 Å². The lowest BCUT2D eigenvalue weighted by Crippen LogP contribution is -2.48. The molecule has 1 aromatic carbocycles. The maximum Gasteiger partial charge on any atom is 0.310 e. The first-order valence-corrected chi connectivity index (χ1v) is 9.72. The van der Waals surface area contributed by atoms with Gasteiger partial charge in [0, 0.05) is 23.2 Å². The van der Waals surface area contributed by atoms with Crippen molar-refractivity contribution in [3.05, 3.63) is 41.6 Å². The summed E-state index contributed by atoms with van der Waals surface area (Å²) in [6, 6.07) is 3.62. The second kappa shape index (κ2) is 6.89. The summed E-state index contributed by atoms with van der Waals surface area (Å²) in [4.78, 5) is 32.7. The molecule has 5 atom stereocenters. The van der Waals surface area contributed by atoms with E-state index in [1.54, 1.807) is 0 Å². The first kappa shape index (κ1) is 18.7. The van der Waals surface area contributed by atoms with E-state index in [9.17, 15) is 18.4 Å². The normalized spacial score (nSPS) is 29.4. The monoisotopic (exact) mass is 415 g/mol. The van der Waals surface area contributed by atoms with Gasteiger partial charge in [-0.2, -0.15) is 4.98 Å². The van der Waals surface area contributed by atoms with Gasteiger partial charge in [0.2, 0.25) is 11.9 Å². The zero-order valence-electron chi connectivity index (χ0n) is 15.8. The summed E-state index contributed by atoms with van der Waals surface area (Å²) >= 11 is 0. The summed E-state index contributed by atoms with van der Waals surface area (Å²) in [5, 5.41) is 5.89. The maximum atomic E-state index is 14.4. The number of hydrogen-bond acceptors (Lipinski definition) is 7. The van der Waals surface area contributed by atoms with Gasteiger partial charge in [-0.25, -0.2) is 13.8 Å². The Morgan fingerprint density at radius 3 is 2.87 bits per heavy atom. The van der Waals surface area contributed by atoms with Crippen molar-refractivity contribution in [2.45, 2.75) is 31.4 Å². The van der Waals surface area contributed by atoms with Crippen molar-refractivity contribution in [2.24, 2.45) is 23.5 Å². The van der Waals surface area contributed by atoms with E-state index in [0.29, 0.717) is 18.5 Å². The molecule has 1 aliphatic heterocycles. The van der Waals surface area contributed by atoms with Crippen molar-refractivity contribution in [2.75, 3.05) is 10.6 Å². The molecule has 6 bridgehead atoms. The third-order valence-electron chi connectivity index (χ3n) is 6.24. The summed E-state index contributed by atoms with van der Waals surface area (Å²) in [6.07, 6.45) is 1.42.